The van der Waals surface area contributed by atoms with Gasteiger partial charge in [0.05, 0.1) is 6.42 Å². The number of nitrogens with zero attached hydrogens (tertiary/aromatic N) is 6. The molecule has 0 N–H and O–H groups in total. The largest absolute Gasteiger partial charge is 0.352 e. The minimum Gasteiger partial charge on any atom is -0.352 e. The first-order valence-corrected chi connectivity index (χ1v) is 8.13. The topological polar surface area (TPSA) is 66.6 Å². The van der Waals surface area contributed by atoms with Crippen LogP contribution in [0.25, 0.3) is 5.65 Å². The van der Waals surface area contributed by atoms with E-state index in [1.165, 1.54) is 12.1 Å². The van der Waals surface area contributed by atoms with Gasteiger partial charge in [-0.3, -0.25) is 4.79 Å². The quantitative estimate of drug-likeness (QED) is 0.716. The molecule has 1 saturated heterocycles. The van der Waals surface area contributed by atoms with Crippen LogP contribution in [-0.4, -0.2) is 56.8 Å². The molecule has 1 fully saturated rings. The number of carbonyl (C=O) groups is 1. The van der Waals surface area contributed by atoms with Crippen LogP contribution < -0.4 is 4.90 Å². The lowest BCUT2D eigenvalue weighted by atomic mass is 10.1. The molecule has 3 heterocycles. The van der Waals surface area contributed by atoms with Gasteiger partial charge in [-0.05, 0) is 29.8 Å². The molecule has 128 valence electrons. The summed E-state index contributed by atoms with van der Waals surface area (Å²) < 4.78 is 14.9. The Labute approximate surface area is 143 Å². The molecule has 25 heavy (non-hydrogen) atoms. The smallest absolute Gasteiger partial charge is 0.227 e. The molecule has 0 unspecified atom stereocenters. The Kier molecular flexibility index (Phi) is 4.01. The molecule has 0 spiro atoms. The molecule has 1 aromatic carbocycles. The van der Waals surface area contributed by atoms with Crippen molar-refractivity contribution >= 4 is 17.4 Å². The number of amides is 1. The van der Waals surface area contributed by atoms with Crippen molar-refractivity contribution in [3.63, 3.8) is 0 Å². The molecule has 2 aromatic heterocycles. The van der Waals surface area contributed by atoms with Crippen molar-refractivity contribution in [2.75, 3.05) is 31.1 Å². The number of carbonyl (C=O) groups excluding carboxylic acids is 1. The first kappa shape index (κ1) is 15.5. The van der Waals surface area contributed by atoms with Gasteiger partial charge >= 0.3 is 0 Å². The van der Waals surface area contributed by atoms with Crippen LogP contribution in [0.2, 0.25) is 0 Å². The van der Waals surface area contributed by atoms with Crippen molar-refractivity contribution in [2.45, 2.75) is 6.42 Å². The zero-order valence-corrected chi connectivity index (χ0v) is 13.5. The molecule has 0 radical (unpaired) electrons. The summed E-state index contributed by atoms with van der Waals surface area (Å²) in [5.41, 5.74) is 1.40. The Morgan fingerprint density at radius 3 is 2.76 bits per heavy atom. The van der Waals surface area contributed by atoms with E-state index in [4.69, 9.17) is 0 Å². The monoisotopic (exact) mass is 340 g/mol. The normalized spacial score (nSPS) is 14.9. The highest BCUT2D eigenvalue weighted by Gasteiger charge is 2.22. The summed E-state index contributed by atoms with van der Waals surface area (Å²) in [5.74, 6) is 0.544. The van der Waals surface area contributed by atoms with Gasteiger partial charge in [0.1, 0.15) is 18.0 Å². The molecule has 0 aliphatic carbocycles. The third-order valence-electron chi connectivity index (χ3n) is 4.35. The van der Waals surface area contributed by atoms with E-state index in [1.54, 1.807) is 23.0 Å². The average Bonchev–Trinajstić information content (AvgIpc) is 3.09. The second-order valence-electron chi connectivity index (χ2n) is 6.00. The summed E-state index contributed by atoms with van der Waals surface area (Å²) in [6, 6.07) is 9.97. The third kappa shape index (κ3) is 3.28. The van der Waals surface area contributed by atoms with E-state index in [9.17, 15) is 9.18 Å². The van der Waals surface area contributed by atoms with Crippen molar-refractivity contribution in [3.8, 4) is 0 Å². The van der Waals surface area contributed by atoms with Gasteiger partial charge in [0.25, 0.3) is 0 Å². The Morgan fingerprint density at radius 2 is 1.96 bits per heavy atom. The van der Waals surface area contributed by atoms with Gasteiger partial charge in [-0.15, -0.1) is 15.3 Å². The van der Waals surface area contributed by atoms with Crippen LogP contribution in [0.1, 0.15) is 5.56 Å². The van der Waals surface area contributed by atoms with Crippen LogP contribution in [0, 0.1) is 5.82 Å². The lowest BCUT2D eigenvalue weighted by Crippen LogP contribution is -2.49. The second kappa shape index (κ2) is 6.46. The van der Waals surface area contributed by atoms with Gasteiger partial charge in [0.2, 0.25) is 5.91 Å². The maximum absolute atomic E-state index is 13.2. The molecular formula is C17H17FN6O. The van der Waals surface area contributed by atoms with Gasteiger partial charge in [-0.2, -0.15) is 4.52 Å². The molecule has 3 aromatic rings. The minimum absolute atomic E-state index is 0.0208. The standard InChI is InChI=1S/C17H17FN6O/c18-14-3-1-2-13(10-14)11-17(25)23-8-6-22(7-9-23)16-5-4-15-20-19-12-24(15)21-16/h1-5,10,12H,6-9,11H2. The number of halogens is 1. The number of piperazine rings is 1. The van der Waals surface area contributed by atoms with Gasteiger partial charge in [-0.1, -0.05) is 12.1 Å². The van der Waals surface area contributed by atoms with E-state index in [0.29, 0.717) is 37.4 Å². The molecule has 8 heteroatoms. The van der Waals surface area contributed by atoms with Crippen molar-refractivity contribution in [3.05, 3.63) is 54.1 Å². The fourth-order valence-electron chi connectivity index (χ4n) is 3.01. The Hall–Kier alpha value is -3.03. The van der Waals surface area contributed by atoms with Crippen molar-refractivity contribution in [1.29, 1.82) is 0 Å². The number of rotatable bonds is 3. The number of hydrogen-bond donors (Lipinski definition) is 0. The molecule has 1 amide bonds. The molecule has 0 atom stereocenters. The number of hydrogen-bond acceptors (Lipinski definition) is 5. The molecular weight excluding hydrogens is 323 g/mol. The van der Waals surface area contributed by atoms with E-state index in [0.717, 1.165) is 5.82 Å². The average molecular weight is 340 g/mol. The van der Waals surface area contributed by atoms with Gasteiger partial charge in [-0.25, -0.2) is 4.39 Å². The predicted octanol–water partition coefficient (Wildman–Crippen LogP) is 1.15. The molecule has 1 aliphatic heterocycles. The Bertz CT molecular complexity index is 903. The van der Waals surface area contributed by atoms with Crippen LogP contribution in [0.15, 0.2) is 42.7 Å². The fourth-order valence-corrected chi connectivity index (χ4v) is 3.01. The number of benzene rings is 1. The summed E-state index contributed by atoms with van der Waals surface area (Å²) in [7, 11) is 0. The molecule has 4 rings (SSSR count). The van der Waals surface area contributed by atoms with E-state index in [-0.39, 0.29) is 18.1 Å². The number of fused-ring (bicyclic) bond motifs is 1. The summed E-state index contributed by atoms with van der Waals surface area (Å²) in [6.07, 6.45) is 1.79. The van der Waals surface area contributed by atoms with E-state index in [2.05, 4.69) is 20.2 Å². The van der Waals surface area contributed by atoms with Gasteiger partial charge < -0.3 is 9.80 Å². The number of anilines is 1. The summed E-state index contributed by atoms with van der Waals surface area (Å²) in [4.78, 5) is 16.4. The maximum Gasteiger partial charge on any atom is 0.227 e. The second-order valence-corrected chi connectivity index (χ2v) is 6.00. The molecule has 1 aliphatic rings. The van der Waals surface area contributed by atoms with Crippen molar-refractivity contribution in [2.24, 2.45) is 0 Å². The minimum atomic E-state index is -0.314. The predicted molar refractivity (Wildman–Crippen MR) is 89.7 cm³/mol. The summed E-state index contributed by atoms with van der Waals surface area (Å²) >= 11 is 0. The maximum atomic E-state index is 13.2. The van der Waals surface area contributed by atoms with Crippen LogP contribution in [-0.2, 0) is 11.2 Å². The van der Waals surface area contributed by atoms with Gasteiger partial charge in [0.15, 0.2) is 5.65 Å². The summed E-state index contributed by atoms with van der Waals surface area (Å²) in [6.45, 7) is 2.65. The lowest BCUT2D eigenvalue weighted by molar-refractivity contribution is -0.130. The molecule has 7 nitrogen and oxygen atoms in total. The van der Waals surface area contributed by atoms with Crippen LogP contribution in [0.3, 0.4) is 0 Å². The Morgan fingerprint density at radius 1 is 1.12 bits per heavy atom. The van der Waals surface area contributed by atoms with E-state index >= 15 is 0 Å². The van der Waals surface area contributed by atoms with Gasteiger partial charge in [0, 0.05) is 26.2 Å². The van der Waals surface area contributed by atoms with Crippen molar-refractivity contribution < 1.29 is 9.18 Å². The fraction of sp³-hybridized carbons (Fsp3) is 0.294. The number of aromatic nitrogens is 4. The van der Waals surface area contributed by atoms with Crippen LogP contribution in [0.4, 0.5) is 10.2 Å². The van der Waals surface area contributed by atoms with E-state index in [1.807, 2.05) is 17.0 Å². The Balaban J connectivity index is 1.38. The first-order valence-electron chi connectivity index (χ1n) is 8.13. The third-order valence-corrected chi connectivity index (χ3v) is 4.35. The summed E-state index contributed by atoms with van der Waals surface area (Å²) in [5, 5.41) is 12.2. The van der Waals surface area contributed by atoms with Crippen LogP contribution in [0.5, 0.6) is 0 Å². The molecule has 0 saturated carbocycles. The first-order chi connectivity index (χ1) is 12.2. The highest BCUT2D eigenvalue weighted by molar-refractivity contribution is 5.79. The zero-order valence-electron chi connectivity index (χ0n) is 13.5. The highest BCUT2D eigenvalue weighted by Crippen LogP contribution is 2.15. The van der Waals surface area contributed by atoms with Crippen LogP contribution >= 0.6 is 0 Å². The SMILES string of the molecule is O=C(Cc1cccc(F)c1)N1CCN(c2ccc3nncn3n2)CC1. The zero-order chi connectivity index (χ0) is 17.2. The highest BCUT2D eigenvalue weighted by atomic mass is 19.1. The molecule has 0 bridgehead atoms. The lowest BCUT2D eigenvalue weighted by Gasteiger charge is -2.35. The van der Waals surface area contributed by atoms with Crippen molar-refractivity contribution in [1.82, 2.24) is 24.7 Å². The van der Waals surface area contributed by atoms with E-state index < -0.39 is 0 Å².